The van der Waals surface area contributed by atoms with Gasteiger partial charge in [-0.3, -0.25) is 0 Å². The van der Waals surface area contributed by atoms with Crippen LogP contribution in [-0.2, 0) is 11.8 Å². The Hall–Kier alpha value is -2.89. The summed E-state index contributed by atoms with van der Waals surface area (Å²) in [6.07, 6.45) is 1.43. The van der Waals surface area contributed by atoms with Crippen molar-refractivity contribution in [3.05, 3.63) is 54.4 Å². The highest BCUT2D eigenvalue weighted by Crippen LogP contribution is 2.22. The van der Waals surface area contributed by atoms with E-state index in [1.807, 2.05) is 107 Å². The SMILES string of the molecule is C/C(=N\N(C(=O)OC(C)(C)C)c1ccc(N(C)C)cc1)c1cccc[n+]1C. The molecule has 0 atom stereocenters. The van der Waals surface area contributed by atoms with Crippen molar-refractivity contribution in [2.75, 3.05) is 24.0 Å². The Labute approximate surface area is 161 Å². The summed E-state index contributed by atoms with van der Waals surface area (Å²) in [5, 5.41) is 5.89. The van der Waals surface area contributed by atoms with E-state index in [0.717, 1.165) is 11.4 Å². The molecule has 0 unspecified atom stereocenters. The molecule has 0 aliphatic carbocycles. The molecular weight excluding hydrogens is 340 g/mol. The number of aromatic nitrogens is 1. The van der Waals surface area contributed by atoms with Crippen LogP contribution in [-0.4, -0.2) is 31.5 Å². The summed E-state index contributed by atoms with van der Waals surface area (Å²) < 4.78 is 7.52. The lowest BCUT2D eigenvalue weighted by atomic mass is 10.2. The van der Waals surface area contributed by atoms with Crippen molar-refractivity contribution in [2.45, 2.75) is 33.3 Å². The number of ether oxygens (including phenoxy) is 1. The van der Waals surface area contributed by atoms with Gasteiger partial charge in [0, 0.05) is 31.9 Å². The summed E-state index contributed by atoms with van der Waals surface area (Å²) >= 11 is 0. The molecular formula is C21H29N4O2+. The zero-order valence-corrected chi connectivity index (χ0v) is 17.2. The molecule has 1 amide bonds. The highest BCUT2D eigenvalue weighted by Gasteiger charge is 2.24. The maximum atomic E-state index is 12.8. The third kappa shape index (κ3) is 5.54. The Morgan fingerprint density at radius 3 is 2.15 bits per heavy atom. The number of benzene rings is 1. The molecule has 0 aliphatic rings. The second kappa shape index (κ2) is 8.20. The zero-order valence-electron chi connectivity index (χ0n) is 17.2. The van der Waals surface area contributed by atoms with Gasteiger partial charge in [-0.2, -0.15) is 14.7 Å². The average molecular weight is 369 g/mol. The first-order valence-electron chi connectivity index (χ1n) is 8.89. The van der Waals surface area contributed by atoms with Gasteiger partial charge in [0.25, 0.3) is 0 Å². The van der Waals surface area contributed by atoms with E-state index in [1.165, 1.54) is 5.01 Å². The first-order valence-corrected chi connectivity index (χ1v) is 8.89. The molecule has 0 aliphatic heterocycles. The predicted octanol–water partition coefficient (Wildman–Crippen LogP) is 3.74. The minimum atomic E-state index is -0.611. The first kappa shape index (κ1) is 20.4. The highest BCUT2D eigenvalue weighted by molar-refractivity contribution is 5.99. The van der Waals surface area contributed by atoms with Gasteiger partial charge in [0.05, 0.1) is 5.69 Å². The van der Waals surface area contributed by atoms with Crippen molar-refractivity contribution in [2.24, 2.45) is 12.1 Å². The van der Waals surface area contributed by atoms with Crippen LogP contribution < -0.4 is 14.5 Å². The van der Waals surface area contributed by atoms with Crippen molar-refractivity contribution in [1.29, 1.82) is 0 Å². The lowest BCUT2D eigenvalue weighted by Gasteiger charge is -2.25. The monoisotopic (exact) mass is 369 g/mol. The third-order valence-electron chi connectivity index (χ3n) is 3.85. The fourth-order valence-corrected chi connectivity index (χ4v) is 2.50. The zero-order chi connectivity index (χ0) is 20.2. The summed E-state index contributed by atoms with van der Waals surface area (Å²) in [5.41, 5.74) is 2.70. The van der Waals surface area contributed by atoms with E-state index < -0.39 is 11.7 Å². The average Bonchev–Trinajstić information content (AvgIpc) is 2.58. The van der Waals surface area contributed by atoms with E-state index in [9.17, 15) is 4.79 Å². The van der Waals surface area contributed by atoms with Crippen LogP contribution in [0.2, 0.25) is 0 Å². The Kier molecular flexibility index (Phi) is 6.20. The number of hydrogen-bond donors (Lipinski definition) is 0. The van der Waals surface area contributed by atoms with Crippen molar-refractivity contribution in [3.63, 3.8) is 0 Å². The molecule has 0 bridgehead atoms. The summed E-state index contributed by atoms with van der Waals surface area (Å²) in [6, 6.07) is 13.5. The topological polar surface area (TPSA) is 49.0 Å². The number of carbonyl (C=O) groups is 1. The van der Waals surface area contributed by atoms with Gasteiger partial charge in [-0.05, 0) is 58.0 Å². The maximum Gasteiger partial charge on any atom is 0.435 e. The molecule has 6 nitrogen and oxygen atoms in total. The lowest BCUT2D eigenvalue weighted by Crippen LogP contribution is -2.37. The van der Waals surface area contributed by atoms with Crippen LogP contribution in [0.5, 0.6) is 0 Å². The van der Waals surface area contributed by atoms with Crippen LogP contribution in [0.15, 0.2) is 53.8 Å². The van der Waals surface area contributed by atoms with Gasteiger partial charge >= 0.3 is 6.09 Å². The molecule has 27 heavy (non-hydrogen) atoms. The van der Waals surface area contributed by atoms with Crippen LogP contribution in [0.25, 0.3) is 0 Å². The Bertz CT molecular complexity index is 821. The smallest absolute Gasteiger partial charge is 0.435 e. The molecule has 1 aromatic carbocycles. The highest BCUT2D eigenvalue weighted by atomic mass is 16.6. The molecule has 1 aromatic heterocycles. The molecule has 6 heteroatoms. The summed E-state index contributed by atoms with van der Waals surface area (Å²) in [5.74, 6) is 0. The van der Waals surface area contributed by atoms with Crippen LogP contribution >= 0.6 is 0 Å². The van der Waals surface area contributed by atoms with Gasteiger partial charge < -0.3 is 9.64 Å². The quantitative estimate of drug-likeness (QED) is 0.469. The van der Waals surface area contributed by atoms with Gasteiger partial charge in [0.2, 0.25) is 5.69 Å². The normalized spacial score (nSPS) is 11.9. The van der Waals surface area contributed by atoms with Crippen LogP contribution in [0.3, 0.4) is 0 Å². The van der Waals surface area contributed by atoms with E-state index in [2.05, 4.69) is 5.10 Å². The second-order valence-corrected chi connectivity index (χ2v) is 7.59. The van der Waals surface area contributed by atoms with Crippen molar-refractivity contribution < 1.29 is 14.1 Å². The van der Waals surface area contributed by atoms with E-state index >= 15 is 0 Å². The Balaban J connectivity index is 2.45. The number of amides is 1. The standard InChI is InChI=1S/C21H29N4O2/c1-16(19-10-8-9-15-24(19)7)22-25(20(26)27-21(2,3)4)18-13-11-17(12-14-18)23(5)6/h8-15H,1-7H3/q+1. The third-order valence-corrected chi connectivity index (χ3v) is 3.85. The van der Waals surface area contributed by atoms with Crippen molar-refractivity contribution in [3.8, 4) is 0 Å². The number of nitrogens with zero attached hydrogens (tertiary/aromatic N) is 4. The molecule has 1 heterocycles. The maximum absolute atomic E-state index is 12.8. The molecule has 2 aromatic rings. The number of anilines is 2. The van der Waals surface area contributed by atoms with Gasteiger partial charge in [0.1, 0.15) is 18.4 Å². The molecule has 0 saturated heterocycles. The number of hydrogen-bond acceptors (Lipinski definition) is 4. The summed E-state index contributed by atoms with van der Waals surface area (Å²) in [6.45, 7) is 7.39. The fraction of sp³-hybridized carbons (Fsp3) is 0.381. The van der Waals surface area contributed by atoms with Gasteiger partial charge in [-0.1, -0.05) is 0 Å². The molecule has 0 radical (unpaired) electrons. The number of pyridine rings is 1. The van der Waals surface area contributed by atoms with Gasteiger partial charge in [-0.25, -0.2) is 4.79 Å². The van der Waals surface area contributed by atoms with Gasteiger partial charge in [-0.15, -0.1) is 0 Å². The number of aryl methyl sites for hydroxylation is 1. The second-order valence-electron chi connectivity index (χ2n) is 7.59. The minimum absolute atomic E-state index is 0.516. The van der Waals surface area contributed by atoms with Crippen LogP contribution in [0, 0.1) is 0 Å². The number of hydrazone groups is 1. The van der Waals surface area contributed by atoms with Crippen LogP contribution in [0.4, 0.5) is 16.2 Å². The van der Waals surface area contributed by atoms with E-state index in [-0.39, 0.29) is 0 Å². The van der Waals surface area contributed by atoms with E-state index in [1.54, 1.807) is 0 Å². The molecule has 0 spiro atoms. The molecule has 0 saturated carbocycles. The summed E-state index contributed by atoms with van der Waals surface area (Å²) in [7, 11) is 5.88. The fourth-order valence-electron chi connectivity index (χ4n) is 2.50. The number of carbonyl (C=O) groups excluding carboxylic acids is 1. The number of rotatable bonds is 4. The van der Waals surface area contributed by atoms with E-state index in [0.29, 0.717) is 11.4 Å². The largest absolute Gasteiger partial charge is 0.442 e. The van der Waals surface area contributed by atoms with Crippen LogP contribution in [0.1, 0.15) is 33.4 Å². The van der Waals surface area contributed by atoms with Crippen molar-refractivity contribution >= 4 is 23.2 Å². The lowest BCUT2D eigenvalue weighted by molar-refractivity contribution is -0.672. The first-order chi connectivity index (χ1) is 12.6. The molecule has 2 rings (SSSR count). The molecule has 0 N–H and O–H groups in total. The van der Waals surface area contributed by atoms with Gasteiger partial charge in [0.15, 0.2) is 6.20 Å². The minimum Gasteiger partial charge on any atom is -0.442 e. The Morgan fingerprint density at radius 2 is 1.63 bits per heavy atom. The van der Waals surface area contributed by atoms with Crippen molar-refractivity contribution in [1.82, 2.24) is 0 Å². The summed E-state index contributed by atoms with van der Waals surface area (Å²) in [4.78, 5) is 14.8. The molecule has 0 fully saturated rings. The Morgan fingerprint density at radius 1 is 1.04 bits per heavy atom. The predicted molar refractivity (Wildman–Crippen MR) is 109 cm³/mol. The van der Waals surface area contributed by atoms with E-state index in [4.69, 9.17) is 4.74 Å². The molecule has 144 valence electrons.